The minimum Gasteiger partial charge on any atom is -0.497 e. The SMILES string of the molecule is COCOCC(CC(C)C(=O)NO)NC(=O)c1ccc(-c2ccc(OC)cc2)s1. The number of carbonyl (C=O) groups is 2. The predicted octanol–water partition coefficient (Wildman–Crippen LogP) is 2.67. The zero-order valence-electron chi connectivity index (χ0n) is 16.6. The van der Waals surface area contributed by atoms with E-state index in [4.69, 9.17) is 19.4 Å². The van der Waals surface area contributed by atoms with Crippen LogP contribution in [0.4, 0.5) is 0 Å². The average Bonchev–Trinajstić information content (AvgIpc) is 3.23. The Morgan fingerprint density at radius 1 is 1.14 bits per heavy atom. The van der Waals surface area contributed by atoms with Crippen LogP contribution in [0.15, 0.2) is 36.4 Å². The molecule has 1 heterocycles. The zero-order valence-corrected chi connectivity index (χ0v) is 17.5. The van der Waals surface area contributed by atoms with Gasteiger partial charge in [0.05, 0.1) is 24.6 Å². The fourth-order valence-corrected chi connectivity index (χ4v) is 3.63. The Morgan fingerprint density at radius 3 is 2.48 bits per heavy atom. The molecule has 8 nitrogen and oxygen atoms in total. The average molecular weight is 423 g/mol. The second-order valence-electron chi connectivity index (χ2n) is 6.45. The smallest absolute Gasteiger partial charge is 0.261 e. The number of hydrogen-bond donors (Lipinski definition) is 3. The normalized spacial score (nSPS) is 12.8. The molecule has 1 aromatic heterocycles. The van der Waals surface area contributed by atoms with Crippen LogP contribution in [0.5, 0.6) is 5.75 Å². The molecule has 0 spiro atoms. The Balaban J connectivity index is 2.05. The van der Waals surface area contributed by atoms with Crippen LogP contribution in [0.3, 0.4) is 0 Å². The van der Waals surface area contributed by atoms with Gasteiger partial charge in [-0.2, -0.15) is 0 Å². The molecule has 2 rings (SSSR count). The van der Waals surface area contributed by atoms with E-state index in [1.165, 1.54) is 18.4 Å². The molecule has 2 atom stereocenters. The van der Waals surface area contributed by atoms with E-state index in [-0.39, 0.29) is 19.3 Å². The first-order valence-corrected chi connectivity index (χ1v) is 9.85. The Morgan fingerprint density at radius 2 is 1.86 bits per heavy atom. The van der Waals surface area contributed by atoms with Gasteiger partial charge in [0.1, 0.15) is 12.5 Å². The molecule has 2 amide bonds. The van der Waals surface area contributed by atoms with Crippen LogP contribution in [-0.2, 0) is 14.3 Å². The maximum absolute atomic E-state index is 12.7. The molecule has 0 aliphatic heterocycles. The van der Waals surface area contributed by atoms with E-state index in [1.807, 2.05) is 30.3 Å². The van der Waals surface area contributed by atoms with Crippen molar-refractivity contribution in [3.63, 3.8) is 0 Å². The van der Waals surface area contributed by atoms with E-state index in [2.05, 4.69) is 5.32 Å². The maximum atomic E-state index is 12.7. The van der Waals surface area contributed by atoms with Crippen molar-refractivity contribution >= 4 is 23.2 Å². The quantitative estimate of drug-likeness (QED) is 0.223. The summed E-state index contributed by atoms with van der Waals surface area (Å²) >= 11 is 1.37. The van der Waals surface area contributed by atoms with Crippen molar-refractivity contribution in [1.29, 1.82) is 0 Å². The van der Waals surface area contributed by atoms with E-state index < -0.39 is 17.9 Å². The lowest BCUT2D eigenvalue weighted by molar-refractivity contribution is -0.133. The maximum Gasteiger partial charge on any atom is 0.261 e. The lowest BCUT2D eigenvalue weighted by Gasteiger charge is -2.21. The molecule has 3 N–H and O–H groups in total. The predicted molar refractivity (Wildman–Crippen MR) is 109 cm³/mol. The number of ether oxygens (including phenoxy) is 3. The summed E-state index contributed by atoms with van der Waals surface area (Å²) in [6.07, 6.45) is 0.304. The highest BCUT2D eigenvalue weighted by atomic mass is 32.1. The highest BCUT2D eigenvalue weighted by molar-refractivity contribution is 7.17. The molecular weight excluding hydrogens is 396 g/mol. The number of methoxy groups -OCH3 is 2. The molecule has 2 unspecified atom stereocenters. The van der Waals surface area contributed by atoms with E-state index >= 15 is 0 Å². The zero-order chi connectivity index (χ0) is 21.2. The molecule has 0 bridgehead atoms. The highest BCUT2D eigenvalue weighted by Crippen LogP contribution is 2.29. The van der Waals surface area contributed by atoms with Crippen molar-refractivity contribution in [2.45, 2.75) is 19.4 Å². The van der Waals surface area contributed by atoms with Crippen molar-refractivity contribution in [1.82, 2.24) is 10.8 Å². The largest absolute Gasteiger partial charge is 0.497 e. The molecule has 9 heteroatoms. The summed E-state index contributed by atoms with van der Waals surface area (Å²) < 4.78 is 15.4. The van der Waals surface area contributed by atoms with Gasteiger partial charge in [-0.25, -0.2) is 5.48 Å². The molecule has 0 saturated heterocycles. The van der Waals surface area contributed by atoms with Crippen molar-refractivity contribution in [3.05, 3.63) is 41.3 Å². The lowest BCUT2D eigenvalue weighted by atomic mass is 10.0. The number of carbonyl (C=O) groups excluding carboxylic acids is 2. The second-order valence-corrected chi connectivity index (χ2v) is 7.54. The fourth-order valence-electron chi connectivity index (χ4n) is 2.71. The summed E-state index contributed by atoms with van der Waals surface area (Å²) in [5.41, 5.74) is 2.62. The molecule has 2 aromatic rings. The van der Waals surface area contributed by atoms with Gasteiger partial charge >= 0.3 is 0 Å². The van der Waals surface area contributed by atoms with Gasteiger partial charge in [-0.05, 0) is 48.4 Å². The summed E-state index contributed by atoms with van der Waals surface area (Å²) in [4.78, 5) is 25.8. The molecule has 0 radical (unpaired) electrons. The third-order valence-corrected chi connectivity index (χ3v) is 5.39. The summed E-state index contributed by atoms with van der Waals surface area (Å²) in [5.74, 6) is -0.510. The first-order chi connectivity index (χ1) is 14.0. The van der Waals surface area contributed by atoms with Crippen LogP contribution in [0.2, 0.25) is 0 Å². The number of hydrogen-bond acceptors (Lipinski definition) is 7. The second kappa shape index (κ2) is 11.5. The molecule has 158 valence electrons. The molecule has 0 aliphatic carbocycles. The van der Waals surface area contributed by atoms with Crippen LogP contribution in [0.1, 0.15) is 23.0 Å². The van der Waals surface area contributed by atoms with Gasteiger partial charge in [-0.1, -0.05) is 6.92 Å². The Kier molecular flexibility index (Phi) is 9.07. The van der Waals surface area contributed by atoms with Gasteiger partial charge < -0.3 is 19.5 Å². The number of rotatable bonds is 11. The number of nitrogens with one attached hydrogen (secondary N) is 2. The lowest BCUT2D eigenvalue weighted by Crippen LogP contribution is -2.41. The molecular formula is C20H26N2O6S. The van der Waals surface area contributed by atoms with Crippen molar-refractivity contribution in [3.8, 4) is 16.2 Å². The minimum atomic E-state index is -0.520. The summed E-state index contributed by atoms with van der Waals surface area (Å²) in [6.45, 7) is 1.92. The third kappa shape index (κ3) is 6.82. The van der Waals surface area contributed by atoms with Crippen LogP contribution in [-0.4, -0.2) is 50.7 Å². The Bertz CT molecular complexity index is 793. The van der Waals surface area contributed by atoms with Gasteiger partial charge in [-0.15, -0.1) is 11.3 Å². The van der Waals surface area contributed by atoms with Gasteiger partial charge in [0.15, 0.2) is 0 Å². The topological polar surface area (TPSA) is 106 Å². The minimum absolute atomic E-state index is 0.0770. The Hall–Kier alpha value is -2.46. The number of benzene rings is 1. The molecule has 1 aromatic carbocycles. The van der Waals surface area contributed by atoms with Gasteiger partial charge in [0.2, 0.25) is 5.91 Å². The summed E-state index contributed by atoms with van der Waals surface area (Å²) in [6, 6.07) is 10.8. The summed E-state index contributed by atoms with van der Waals surface area (Å²) in [5, 5.41) is 11.7. The van der Waals surface area contributed by atoms with Crippen molar-refractivity contribution in [2.75, 3.05) is 27.6 Å². The highest BCUT2D eigenvalue weighted by Gasteiger charge is 2.22. The van der Waals surface area contributed by atoms with E-state index in [0.717, 1.165) is 16.2 Å². The number of thiophene rings is 1. The Labute approximate surface area is 173 Å². The first-order valence-electron chi connectivity index (χ1n) is 9.04. The van der Waals surface area contributed by atoms with Crippen LogP contribution < -0.4 is 15.5 Å². The molecule has 29 heavy (non-hydrogen) atoms. The van der Waals surface area contributed by atoms with Gasteiger partial charge in [0.25, 0.3) is 5.91 Å². The van der Waals surface area contributed by atoms with Crippen LogP contribution >= 0.6 is 11.3 Å². The van der Waals surface area contributed by atoms with Crippen molar-refractivity contribution in [2.24, 2.45) is 5.92 Å². The van der Waals surface area contributed by atoms with Gasteiger partial charge in [0, 0.05) is 17.9 Å². The first kappa shape index (κ1) is 22.8. The van der Waals surface area contributed by atoms with E-state index in [1.54, 1.807) is 25.6 Å². The standard InChI is InChI=1S/C20H26N2O6S/c1-13(19(23)22-25)10-15(11-28-12-26-2)21-20(24)18-9-8-17(29-18)14-4-6-16(27-3)7-5-14/h4-9,13,15,25H,10-12H2,1-3H3,(H,21,24)(H,22,23). The van der Waals surface area contributed by atoms with Gasteiger partial charge in [-0.3, -0.25) is 14.8 Å². The third-order valence-electron chi connectivity index (χ3n) is 4.26. The van der Waals surface area contributed by atoms with E-state index in [9.17, 15) is 9.59 Å². The summed E-state index contributed by atoms with van der Waals surface area (Å²) in [7, 11) is 3.11. The number of amides is 2. The molecule has 0 saturated carbocycles. The monoisotopic (exact) mass is 422 g/mol. The molecule has 0 fully saturated rings. The van der Waals surface area contributed by atoms with Crippen LogP contribution in [0.25, 0.3) is 10.4 Å². The number of hydroxylamine groups is 1. The fraction of sp³-hybridized carbons (Fsp3) is 0.400. The van der Waals surface area contributed by atoms with Crippen molar-refractivity contribution < 1.29 is 29.0 Å². The molecule has 0 aliphatic rings. The van der Waals surface area contributed by atoms with Crippen LogP contribution in [0, 0.1) is 5.92 Å². The van der Waals surface area contributed by atoms with E-state index in [0.29, 0.717) is 11.3 Å².